The van der Waals surface area contributed by atoms with Gasteiger partial charge in [-0.15, -0.1) is 5.10 Å². The topological polar surface area (TPSA) is 63.1 Å². The molecule has 1 heterocycles. The minimum Gasteiger partial charge on any atom is -0.490 e. The summed E-state index contributed by atoms with van der Waals surface area (Å²) in [6.07, 6.45) is 2.13. The number of rotatable bonds is 6. The lowest BCUT2D eigenvalue weighted by molar-refractivity contribution is -0.118. The van der Waals surface area contributed by atoms with E-state index in [-0.39, 0.29) is 17.3 Å². The minimum atomic E-state index is -0.332. The van der Waals surface area contributed by atoms with Gasteiger partial charge in [0.2, 0.25) is 5.91 Å². The van der Waals surface area contributed by atoms with Crippen molar-refractivity contribution in [3.63, 3.8) is 0 Å². The number of amidine groups is 1. The zero-order chi connectivity index (χ0) is 20.1. The molecule has 0 spiro atoms. The number of hydrogen-bond donors (Lipinski definition) is 1. The van der Waals surface area contributed by atoms with Gasteiger partial charge in [-0.2, -0.15) is 5.10 Å². The number of benzene rings is 2. The lowest BCUT2D eigenvalue weighted by atomic mass is 10.1. The van der Waals surface area contributed by atoms with Gasteiger partial charge in [0.25, 0.3) is 0 Å². The third kappa shape index (κ3) is 5.28. The molecule has 1 saturated heterocycles. The third-order valence-electron chi connectivity index (χ3n) is 3.84. The van der Waals surface area contributed by atoms with Crippen molar-refractivity contribution < 1.29 is 9.53 Å². The Balaban J connectivity index is 1.67. The van der Waals surface area contributed by atoms with Crippen molar-refractivity contribution in [2.24, 2.45) is 10.2 Å². The van der Waals surface area contributed by atoms with E-state index in [1.165, 1.54) is 11.8 Å². The number of nitrogens with one attached hydrogen (secondary N) is 1. The van der Waals surface area contributed by atoms with Crippen LogP contribution in [0.25, 0.3) is 0 Å². The molecule has 1 atom stereocenters. The Morgan fingerprint density at radius 3 is 2.79 bits per heavy atom. The number of thioether (sulfide) groups is 1. The molecule has 146 valence electrons. The van der Waals surface area contributed by atoms with Crippen LogP contribution < -0.4 is 10.1 Å². The van der Waals surface area contributed by atoms with Gasteiger partial charge >= 0.3 is 0 Å². The molecule has 8 heteroatoms. The summed E-state index contributed by atoms with van der Waals surface area (Å²) in [7, 11) is 0. The highest BCUT2D eigenvalue weighted by molar-refractivity contribution is 8.15. The normalized spacial score (nSPS) is 18.2. The van der Waals surface area contributed by atoms with Crippen molar-refractivity contribution >= 4 is 52.3 Å². The molecule has 1 aliphatic rings. The molecule has 1 unspecified atom stereocenters. The van der Waals surface area contributed by atoms with Crippen LogP contribution in [0.4, 0.5) is 0 Å². The fraction of sp³-hybridized carbons (Fsp3) is 0.250. The molecule has 1 aliphatic heterocycles. The molecule has 28 heavy (non-hydrogen) atoms. The average molecular weight is 436 g/mol. The van der Waals surface area contributed by atoms with Crippen LogP contribution in [0.15, 0.2) is 52.7 Å². The number of para-hydroxylation sites is 1. The third-order valence-corrected chi connectivity index (χ3v) is 5.77. The number of hydrogen-bond acceptors (Lipinski definition) is 5. The average Bonchev–Trinajstić information content (AvgIpc) is 2.99. The lowest BCUT2D eigenvalue weighted by Gasteiger charge is -2.11. The van der Waals surface area contributed by atoms with Gasteiger partial charge in [-0.3, -0.25) is 4.79 Å². The number of ether oxygens (including phenoxy) is 1. The standard InChI is InChI=1S/C20H19Cl2N3O2S/c1-12(2)27-16-9-4-3-6-14(16)11-23-25-20-24-19(26)17(28-20)10-13-7-5-8-15(21)18(13)22/h3-9,11-12,17H,10H2,1-2H3,(H,24,25,26). The number of carbonyl (C=O) groups is 1. The maximum absolute atomic E-state index is 12.2. The molecule has 0 bridgehead atoms. The SMILES string of the molecule is CC(C)Oc1ccccc1C=NN=C1NC(=O)C(Cc2cccc(Cl)c2Cl)S1. The number of halogens is 2. The highest BCUT2D eigenvalue weighted by Crippen LogP contribution is 2.30. The lowest BCUT2D eigenvalue weighted by Crippen LogP contribution is -2.26. The second-order valence-electron chi connectivity index (χ2n) is 6.37. The van der Waals surface area contributed by atoms with Gasteiger partial charge in [0.1, 0.15) is 5.75 Å². The predicted molar refractivity (Wildman–Crippen MR) is 117 cm³/mol. The molecule has 3 rings (SSSR count). The Kier molecular flexibility index (Phi) is 6.99. The first-order valence-corrected chi connectivity index (χ1v) is 10.3. The van der Waals surface area contributed by atoms with E-state index in [9.17, 15) is 4.79 Å². The summed E-state index contributed by atoms with van der Waals surface area (Å²) in [6.45, 7) is 3.93. The number of carbonyl (C=O) groups excluding carboxylic acids is 1. The van der Waals surface area contributed by atoms with E-state index >= 15 is 0 Å². The Morgan fingerprint density at radius 1 is 1.21 bits per heavy atom. The smallest absolute Gasteiger partial charge is 0.239 e. The Hall–Kier alpha value is -2.02. The fourth-order valence-corrected chi connectivity index (χ4v) is 3.93. The molecule has 0 aromatic heterocycles. The second-order valence-corrected chi connectivity index (χ2v) is 8.34. The number of amides is 1. The zero-order valence-electron chi connectivity index (χ0n) is 15.4. The zero-order valence-corrected chi connectivity index (χ0v) is 17.7. The van der Waals surface area contributed by atoms with Crippen LogP contribution in [-0.2, 0) is 11.2 Å². The van der Waals surface area contributed by atoms with Crippen molar-refractivity contribution in [2.75, 3.05) is 0 Å². The number of nitrogens with zero attached hydrogens (tertiary/aromatic N) is 2. The summed E-state index contributed by atoms with van der Waals surface area (Å²) < 4.78 is 5.75. The van der Waals surface area contributed by atoms with Crippen LogP contribution in [-0.4, -0.2) is 28.6 Å². The molecule has 5 nitrogen and oxygen atoms in total. The van der Waals surface area contributed by atoms with E-state index in [1.54, 1.807) is 12.3 Å². The van der Waals surface area contributed by atoms with E-state index < -0.39 is 0 Å². The molecule has 0 radical (unpaired) electrons. The van der Waals surface area contributed by atoms with Crippen LogP contribution >= 0.6 is 35.0 Å². The molecule has 1 amide bonds. The molecular formula is C20H19Cl2N3O2S. The molecule has 2 aromatic carbocycles. The summed E-state index contributed by atoms with van der Waals surface area (Å²) in [5.74, 6) is 0.608. The Labute approximate surface area is 178 Å². The fourth-order valence-electron chi connectivity index (χ4n) is 2.58. The van der Waals surface area contributed by atoms with Gasteiger partial charge in [-0.25, -0.2) is 0 Å². The molecular weight excluding hydrogens is 417 g/mol. The highest BCUT2D eigenvalue weighted by Gasteiger charge is 2.31. The summed E-state index contributed by atoms with van der Waals surface area (Å²) in [6, 6.07) is 13.0. The molecule has 0 saturated carbocycles. The van der Waals surface area contributed by atoms with Crippen molar-refractivity contribution in [3.8, 4) is 5.75 Å². The van der Waals surface area contributed by atoms with Gasteiger partial charge in [-0.1, -0.05) is 59.2 Å². The molecule has 1 N–H and O–H groups in total. The maximum atomic E-state index is 12.2. The first-order valence-electron chi connectivity index (χ1n) is 8.71. The van der Waals surface area contributed by atoms with Gasteiger partial charge < -0.3 is 10.1 Å². The first-order chi connectivity index (χ1) is 13.4. The van der Waals surface area contributed by atoms with E-state index in [0.29, 0.717) is 21.6 Å². The summed E-state index contributed by atoms with van der Waals surface area (Å²) in [4.78, 5) is 12.2. The van der Waals surface area contributed by atoms with Crippen LogP contribution in [0.5, 0.6) is 5.75 Å². The van der Waals surface area contributed by atoms with Crippen molar-refractivity contribution in [1.29, 1.82) is 0 Å². The second kappa shape index (κ2) is 9.45. The molecule has 0 aliphatic carbocycles. The van der Waals surface area contributed by atoms with E-state index in [0.717, 1.165) is 16.9 Å². The van der Waals surface area contributed by atoms with Gasteiger partial charge in [0.15, 0.2) is 5.17 Å². The van der Waals surface area contributed by atoms with Crippen molar-refractivity contribution in [3.05, 3.63) is 63.6 Å². The summed E-state index contributed by atoms with van der Waals surface area (Å²) in [5.41, 5.74) is 1.64. The Bertz CT molecular complexity index is 931. The monoisotopic (exact) mass is 435 g/mol. The largest absolute Gasteiger partial charge is 0.490 e. The molecule has 1 fully saturated rings. The quantitative estimate of drug-likeness (QED) is 0.515. The molecule has 2 aromatic rings. The maximum Gasteiger partial charge on any atom is 0.239 e. The van der Waals surface area contributed by atoms with Crippen molar-refractivity contribution in [1.82, 2.24) is 5.32 Å². The Morgan fingerprint density at radius 2 is 2.00 bits per heavy atom. The highest BCUT2D eigenvalue weighted by atomic mass is 35.5. The first kappa shape index (κ1) is 20.7. The van der Waals surface area contributed by atoms with E-state index in [2.05, 4.69) is 15.5 Å². The van der Waals surface area contributed by atoms with E-state index in [1.807, 2.05) is 50.2 Å². The van der Waals surface area contributed by atoms with Crippen LogP contribution in [0.3, 0.4) is 0 Å². The van der Waals surface area contributed by atoms with Crippen LogP contribution in [0.2, 0.25) is 10.0 Å². The van der Waals surface area contributed by atoms with Gasteiger partial charge in [0.05, 0.1) is 27.6 Å². The summed E-state index contributed by atoms with van der Waals surface area (Å²) in [5, 5.41) is 12.0. The van der Waals surface area contributed by atoms with Crippen LogP contribution in [0, 0.1) is 0 Å². The van der Waals surface area contributed by atoms with Gasteiger partial charge in [0, 0.05) is 5.56 Å². The summed E-state index contributed by atoms with van der Waals surface area (Å²) >= 11 is 13.6. The predicted octanol–water partition coefficient (Wildman–Crippen LogP) is 4.94. The van der Waals surface area contributed by atoms with Crippen molar-refractivity contribution in [2.45, 2.75) is 31.6 Å². The van der Waals surface area contributed by atoms with Gasteiger partial charge in [-0.05, 0) is 44.0 Å². The minimum absolute atomic E-state index is 0.0598. The van der Waals surface area contributed by atoms with Crippen LogP contribution in [0.1, 0.15) is 25.0 Å². The van der Waals surface area contributed by atoms with E-state index in [4.69, 9.17) is 27.9 Å².